The van der Waals surface area contributed by atoms with Gasteiger partial charge < -0.3 is 5.11 Å². The fraction of sp³-hybridized carbons (Fsp3) is 0. The quantitative estimate of drug-likeness (QED) is 0.463. The van der Waals surface area contributed by atoms with Gasteiger partial charge in [-0.15, -0.1) is 0 Å². The van der Waals surface area contributed by atoms with Crippen LogP contribution in [0.5, 0.6) is 0 Å². The molecule has 4 aromatic carbocycles. The van der Waals surface area contributed by atoms with Crippen LogP contribution in [0.25, 0.3) is 33.4 Å². The summed E-state index contributed by atoms with van der Waals surface area (Å²) in [4.78, 5) is 11.1. The Bertz CT molecular complexity index is 1010. The average molecular weight is 350 g/mol. The fourth-order valence-electron chi connectivity index (χ4n) is 3.19. The number of carbonyl (C=O) groups is 1. The summed E-state index contributed by atoms with van der Waals surface area (Å²) < 4.78 is 0. The molecule has 0 bridgehead atoms. The first-order valence-electron chi connectivity index (χ1n) is 8.80. The van der Waals surface area contributed by atoms with Gasteiger partial charge >= 0.3 is 5.97 Å². The lowest BCUT2D eigenvalue weighted by atomic mass is 9.93. The van der Waals surface area contributed by atoms with Gasteiger partial charge in [0.25, 0.3) is 0 Å². The van der Waals surface area contributed by atoms with E-state index in [9.17, 15) is 4.79 Å². The Hall–Kier alpha value is -3.65. The third-order valence-electron chi connectivity index (χ3n) is 4.61. The second kappa shape index (κ2) is 7.30. The predicted octanol–water partition coefficient (Wildman–Crippen LogP) is 6.39. The molecule has 0 unspecified atom stereocenters. The molecule has 0 fully saturated rings. The molecule has 1 N–H and O–H groups in total. The van der Waals surface area contributed by atoms with Crippen LogP contribution in [0.1, 0.15) is 10.4 Å². The Kier molecular flexibility index (Phi) is 4.54. The molecule has 0 aromatic heterocycles. The highest BCUT2D eigenvalue weighted by Crippen LogP contribution is 2.32. The molecule has 0 saturated heterocycles. The maximum Gasteiger partial charge on any atom is 0.335 e. The van der Waals surface area contributed by atoms with E-state index in [0.29, 0.717) is 5.56 Å². The molecule has 0 spiro atoms. The van der Waals surface area contributed by atoms with Gasteiger partial charge in [0.2, 0.25) is 0 Å². The van der Waals surface area contributed by atoms with E-state index in [1.165, 1.54) is 0 Å². The minimum absolute atomic E-state index is 0.293. The normalized spacial score (nSPS) is 10.5. The van der Waals surface area contributed by atoms with Gasteiger partial charge in [-0.3, -0.25) is 0 Å². The topological polar surface area (TPSA) is 37.3 Å². The summed E-state index contributed by atoms with van der Waals surface area (Å²) in [5.74, 6) is -0.912. The van der Waals surface area contributed by atoms with Crippen molar-refractivity contribution in [2.75, 3.05) is 0 Å². The van der Waals surface area contributed by atoms with E-state index >= 15 is 0 Å². The molecule has 4 aromatic rings. The lowest BCUT2D eigenvalue weighted by Crippen LogP contribution is -1.95. The van der Waals surface area contributed by atoms with E-state index in [1.807, 2.05) is 48.5 Å². The number of carboxylic acids is 1. The number of hydrogen-bond acceptors (Lipinski definition) is 1. The molecule has 2 heteroatoms. The molecule has 0 aliphatic heterocycles. The third kappa shape index (κ3) is 3.65. The van der Waals surface area contributed by atoms with Crippen LogP contribution in [0.3, 0.4) is 0 Å². The van der Waals surface area contributed by atoms with E-state index in [-0.39, 0.29) is 0 Å². The predicted molar refractivity (Wildman–Crippen MR) is 110 cm³/mol. The molecule has 0 amide bonds. The van der Waals surface area contributed by atoms with E-state index in [0.717, 1.165) is 33.4 Å². The third-order valence-corrected chi connectivity index (χ3v) is 4.61. The van der Waals surface area contributed by atoms with Crippen molar-refractivity contribution >= 4 is 5.97 Å². The molecule has 130 valence electrons. The van der Waals surface area contributed by atoms with Crippen molar-refractivity contribution in [3.8, 4) is 33.4 Å². The summed E-state index contributed by atoms with van der Waals surface area (Å²) in [6.45, 7) is 0. The van der Waals surface area contributed by atoms with E-state index in [4.69, 9.17) is 5.11 Å². The standard InChI is InChI=1S/C25H18O2/c26-25(27)21-13-11-20(12-14-21)24-16-22(18-7-3-1-4-8-18)15-23(17-24)19-9-5-2-6-10-19/h1-17H,(H,26,27). The zero-order valence-corrected chi connectivity index (χ0v) is 14.7. The Morgan fingerprint density at radius 2 is 0.852 bits per heavy atom. The fourth-order valence-corrected chi connectivity index (χ4v) is 3.19. The van der Waals surface area contributed by atoms with Crippen LogP contribution < -0.4 is 0 Å². The van der Waals surface area contributed by atoms with Crippen molar-refractivity contribution in [1.29, 1.82) is 0 Å². The number of carboxylic acid groups (broad SMARTS) is 1. The minimum atomic E-state index is -0.912. The van der Waals surface area contributed by atoms with Crippen molar-refractivity contribution in [2.24, 2.45) is 0 Å². The van der Waals surface area contributed by atoms with E-state index < -0.39 is 5.97 Å². The first-order chi connectivity index (χ1) is 13.2. The molecule has 0 atom stereocenters. The molecule has 0 radical (unpaired) electrons. The van der Waals surface area contributed by atoms with Crippen molar-refractivity contribution in [2.45, 2.75) is 0 Å². The first-order valence-corrected chi connectivity index (χ1v) is 8.80. The van der Waals surface area contributed by atoms with Crippen molar-refractivity contribution in [3.05, 3.63) is 109 Å². The molecule has 27 heavy (non-hydrogen) atoms. The van der Waals surface area contributed by atoms with Crippen LogP contribution in [0, 0.1) is 0 Å². The highest BCUT2D eigenvalue weighted by Gasteiger charge is 2.08. The summed E-state index contributed by atoms with van der Waals surface area (Å²) in [6.07, 6.45) is 0. The largest absolute Gasteiger partial charge is 0.478 e. The van der Waals surface area contributed by atoms with Crippen LogP contribution in [0.2, 0.25) is 0 Å². The van der Waals surface area contributed by atoms with Crippen LogP contribution in [-0.2, 0) is 0 Å². The molecule has 0 aliphatic rings. The number of benzene rings is 4. The Morgan fingerprint density at radius 1 is 0.481 bits per heavy atom. The van der Waals surface area contributed by atoms with Crippen LogP contribution >= 0.6 is 0 Å². The minimum Gasteiger partial charge on any atom is -0.478 e. The zero-order valence-electron chi connectivity index (χ0n) is 14.7. The first kappa shape index (κ1) is 16.8. The summed E-state index contributed by atoms with van der Waals surface area (Å²) in [5, 5.41) is 9.13. The molecule has 0 aliphatic carbocycles. The van der Waals surface area contributed by atoms with Gasteiger partial charge in [0, 0.05) is 0 Å². The lowest BCUT2D eigenvalue weighted by molar-refractivity contribution is 0.0697. The van der Waals surface area contributed by atoms with Crippen molar-refractivity contribution < 1.29 is 9.90 Å². The lowest BCUT2D eigenvalue weighted by Gasteiger charge is -2.11. The second-order valence-corrected chi connectivity index (χ2v) is 6.41. The van der Waals surface area contributed by atoms with Gasteiger partial charge in [0.05, 0.1) is 5.56 Å². The monoisotopic (exact) mass is 350 g/mol. The Labute approximate surface area is 158 Å². The summed E-state index contributed by atoms with van der Waals surface area (Å²) >= 11 is 0. The van der Waals surface area contributed by atoms with Crippen molar-refractivity contribution in [3.63, 3.8) is 0 Å². The molecular formula is C25H18O2. The summed E-state index contributed by atoms with van der Waals surface area (Å²) in [6, 6.07) is 34.1. The average Bonchev–Trinajstić information content (AvgIpc) is 2.75. The van der Waals surface area contributed by atoms with Gasteiger partial charge in [0.1, 0.15) is 0 Å². The van der Waals surface area contributed by atoms with E-state index in [1.54, 1.807) is 12.1 Å². The molecule has 4 rings (SSSR count). The Balaban J connectivity index is 1.86. The van der Waals surface area contributed by atoms with Gasteiger partial charge in [-0.1, -0.05) is 72.8 Å². The molecular weight excluding hydrogens is 332 g/mol. The smallest absolute Gasteiger partial charge is 0.335 e. The number of aromatic carboxylic acids is 1. The Morgan fingerprint density at radius 3 is 1.22 bits per heavy atom. The molecule has 0 saturated carbocycles. The number of rotatable bonds is 4. The van der Waals surface area contributed by atoms with Gasteiger partial charge in [0.15, 0.2) is 0 Å². The van der Waals surface area contributed by atoms with Gasteiger partial charge in [-0.05, 0) is 63.7 Å². The zero-order chi connectivity index (χ0) is 18.6. The highest BCUT2D eigenvalue weighted by atomic mass is 16.4. The van der Waals surface area contributed by atoms with E-state index in [2.05, 4.69) is 42.5 Å². The summed E-state index contributed by atoms with van der Waals surface area (Å²) in [7, 11) is 0. The molecule has 0 heterocycles. The molecule has 2 nitrogen and oxygen atoms in total. The van der Waals surface area contributed by atoms with Crippen LogP contribution in [0.15, 0.2) is 103 Å². The summed E-state index contributed by atoms with van der Waals surface area (Å²) in [5.41, 5.74) is 6.92. The van der Waals surface area contributed by atoms with Crippen molar-refractivity contribution in [1.82, 2.24) is 0 Å². The van der Waals surface area contributed by atoms with Crippen LogP contribution in [-0.4, -0.2) is 11.1 Å². The SMILES string of the molecule is O=C(O)c1ccc(-c2cc(-c3ccccc3)cc(-c3ccccc3)c2)cc1. The van der Waals surface area contributed by atoms with Gasteiger partial charge in [-0.2, -0.15) is 0 Å². The number of hydrogen-bond donors (Lipinski definition) is 1. The highest BCUT2D eigenvalue weighted by molar-refractivity contribution is 5.89. The van der Waals surface area contributed by atoms with Gasteiger partial charge in [-0.25, -0.2) is 4.79 Å². The van der Waals surface area contributed by atoms with Crippen LogP contribution in [0.4, 0.5) is 0 Å². The maximum absolute atomic E-state index is 11.1. The second-order valence-electron chi connectivity index (χ2n) is 6.41. The maximum atomic E-state index is 11.1.